The Balaban J connectivity index is 1.95. The van der Waals surface area contributed by atoms with E-state index in [0.29, 0.717) is 0 Å². The molecule has 1 heteroatoms. The predicted molar refractivity (Wildman–Crippen MR) is 74.1 cm³/mol. The van der Waals surface area contributed by atoms with Crippen LogP contribution in [0.1, 0.15) is 32.1 Å². The molecule has 1 aliphatic carbocycles. The lowest BCUT2D eigenvalue weighted by Gasteiger charge is -2.12. The van der Waals surface area contributed by atoms with Gasteiger partial charge >= 0.3 is 0 Å². The molecule has 0 bridgehead atoms. The van der Waals surface area contributed by atoms with Gasteiger partial charge in [0.25, 0.3) is 0 Å². The summed E-state index contributed by atoms with van der Waals surface area (Å²) >= 11 is 0. The molecule has 0 N–H and O–H groups in total. The maximum Gasteiger partial charge on any atom is 0.0635 e. The monoisotopic (exact) mass is 223 g/mol. The van der Waals surface area contributed by atoms with Gasteiger partial charge in [0.05, 0.1) is 5.69 Å². The Labute approximate surface area is 102 Å². The number of aliphatic imine (C=N–C) groups is 1. The van der Waals surface area contributed by atoms with Crippen LogP contribution in [-0.2, 0) is 0 Å². The fraction of sp³-hybridized carbons (Fsp3) is 0.312. The zero-order valence-corrected chi connectivity index (χ0v) is 10.0. The van der Waals surface area contributed by atoms with Crippen LogP contribution in [0.4, 0.5) is 5.69 Å². The molecular weight excluding hydrogens is 206 g/mol. The summed E-state index contributed by atoms with van der Waals surface area (Å²) in [6.45, 7) is 0. The summed E-state index contributed by atoms with van der Waals surface area (Å²) in [5.41, 5.74) is 2.49. The fourth-order valence-electron chi connectivity index (χ4n) is 2.50. The Bertz CT molecular complexity index is 546. The van der Waals surface area contributed by atoms with Crippen LogP contribution >= 0.6 is 0 Å². The highest BCUT2D eigenvalue weighted by molar-refractivity contribution is 5.90. The van der Waals surface area contributed by atoms with Crippen LogP contribution in [0.15, 0.2) is 47.5 Å². The zero-order valence-electron chi connectivity index (χ0n) is 10.0. The van der Waals surface area contributed by atoms with E-state index in [2.05, 4.69) is 42.5 Å². The molecule has 1 nitrogen and oxygen atoms in total. The third-order valence-corrected chi connectivity index (χ3v) is 3.45. The highest BCUT2D eigenvalue weighted by Crippen LogP contribution is 2.23. The molecule has 0 unspecified atom stereocenters. The SMILES string of the molecule is c1ccc2cc(N=C3CCCCC3)ccc2c1. The van der Waals surface area contributed by atoms with Gasteiger partial charge in [0.2, 0.25) is 0 Å². The lowest BCUT2D eigenvalue weighted by molar-refractivity contribution is 0.667. The van der Waals surface area contributed by atoms with Crippen molar-refractivity contribution < 1.29 is 0 Å². The van der Waals surface area contributed by atoms with Gasteiger partial charge in [0.15, 0.2) is 0 Å². The predicted octanol–water partition coefficient (Wildman–Crippen LogP) is 4.88. The van der Waals surface area contributed by atoms with Gasteiger partial charge in [-0.2, -0.15) is 0 Å². The maximum atomic E-state index is 4.78. The lowest BCUT2D eigenvalue weighted by atomic mass is 9.98. The summed E-state index contributed by atoms with van der Waals surface area (Å²) in [6.07, 6.45) is 6.37. The summed E-state index contributed by atoms with van der Waals surface area (Å²) in [7, 11) is 0. The Morgan fingerprint density at radius 1 is 0.765 bits per heavy atom. The van der Waals surface area contributed by atoms with E-state index >= 15 is 0 Å². The molecule has 17 heavy (non-hydrogen) atoms. The quantitative estimate of drug-likeness (QED) is 0.653. The van der Waals surface area contributed by atoms with Gasteiger partial charge in [0, 0.05) is 5.71 Å². The van der Waals surface area contributed by atoms with Gasteiger partial charge in [-0.15, -0.1) is 0 Å². The molecule has 2 aromatic carbocycles. The second-order valence-electron chi connectivity index (χ2n) is 4.77. The Morgan fingerprint density at radius 2 is 1.53 bits per heavy atom. The molecule has 0 aliphatic heterocycles. The molecule has 0 radical (unpaired) electrons. The molecule has 0 aromatic heterocycles. The van der Waals surface area contributed by atoms with Crippen molar-refractivity contribution in [3.05, 3.63) is 42.5 Å². The van der Waals surface area contributed by atoms with E-state index in [0.717, 1.165) is 5.69 Å². The zero-order chi connectivity index (χ0) is 11.5. The van der Waals surface area contributed by atoms with Crippen LogP contribution in [0.5, 0.6) is 0 Å². The summed E-state index contributed by atoms with van der Waals surface area (Å²) in [4.78, 5) is 4.78. The number of hydrogen-bond acceptors (Lipinski definition) is 1. The normalized spacial score (nSPS) is 16.1. The minimum Gasteiger partial charge on any atom is -0.258 e. The van der Waals surface area contributed by atoms with Gasteiger partial charge < -0.3 is 0 Å². The molecule has 0 saturated heterocycles. The smallest absolute Gasteiger partial charge is 0.0635 e. The summed E-state index contributed by atoms with van der Waals surface area (Å²) < 4.78 is 0. The van der Waals surface area contributed by atoms with E-state index in [1.165, 1.54) is 48.6 Å². The number of rotatable bonds is 1. The largest absolute Gasteiger partial charge is 0.258 e. The fourth-order valence-corrected chi connectivity index (χ4v) is 2.50. The maximum absolute atomic E-state index is 4.78. The second kappa shape index (κ2) is 4.70. The van der Waals surface area contributed by atoms with Crippen molar-refractivity contribution >= 4 is 22.2 Å². The van der Waals surface area contributed by atoms with E-state index in [1.54, 1.807) is 0 Å². The first-order valence-corrected chi connectivity index (χ1v) is 6.47. The third kappa shape index (κ3) is 2.38. The van der Waals surface area contributed by atoms with E-state index < -0.39 is 0 Å². The standard InChI is InChI=1S/C16H17N/c1-2-8-15(9-3-1)17-16-11-10-13-6-4-5-7-14(13)12-16/h4-7,10-12H,1-3,8-9H2. The number of fused-ring (bicyclic) bond motifs is 1. The van der Waals surface area contributed by atoms with Crippen molar-refractivity contribution in [2.24, 2.45) is 4.99 Å². The summed E-state index contributed by atoms with van der Waals surface area (Å²) in [6, 6.07) is 14.9. The number of benzene rings is 2. The van der Waals surface area contributed by atoms with Crippen LogP contribution in [-0.4, -0.2) is 5.71 Å². The lowest BCUT2D eigenvalue weighted by Crippen LogP contribution is -2.03. The average Bonchev–Trinajstić information content (AvgIpc) is 2.40. The highest BCUT2D eigenvalue weighted by atomic mass is 14.7. The van der Waals surface area contributed by atoms with Crippen molar-refractivity contribution in [1.29, 1.82) is 0 Å². The number of hydrogen-bond donors (Lipinski definition) is 0. The van der Waals surface area contributed by atoms with Crippen LogP contribution in [0.2, 0.25) is 0 Å². The van der Waals surface area contributed by atoms with E-state index in [1.807, 2.05) is 0 Å². The molecule has 3 rings (SSSR count). The van der Waals surface area contributed by atoms with E-state index in [4.69, 9.17) is 4.99 Å². The third-order valence-electron chi connectivity index (χ3n) is 3.45. The van der Waals surface area contributed by atoms with Crippen LogP contribution in [0.3, 0.4) is 0 Å². The first-order chi connectivity index (χ1) is 8.42. The molecule has 1 fully saturated rings. The van der Waals surface area contributed by atoms with Crippen LogP contribution < -0.4 is 0 Å². The molecule has 0 atom stereocenters. The Morgan fingerprint density at radius 3 is 2.35 bits per heavy atom. The van der Waals surface area contributed by atoms with Gasteiger partial charge in [-0.05, 0) is 48.6 Å². The molecular formula is C16H17N. The molecule has 86 valence electrons. The van der Waals surface area contributed by atoms with Crippen molar-refractivity contribution in [2.45, 2.75) is 32.1 Å². The van der Waals surface area contributed by atoms with Crippen molar-refractivity contribution in [3.8, 4) is 0 Å². The second-order valence-corrected chi connectivity index (χ2v) is 4.77. The summed E-state index contributed by atoms with van der Waals surface area (Å²) in [5, 5.41) is 2.57. The van der Waals surface area contributed by atoms with E-state index in [9.17, 15) is 0 Å². The van der Waals surface area contributed by atoms with Gasteiger partial charge in [0.1, 0.15) is 0 Å². The molecule has 0 spiro atoms. The van der Waals surface area contributed by atoms with Crippen molar-refractivity contribution in [2.75, 3.05) is 0 Å². The molecule has 2 aromatic rings. The number of nitrogens with zero attached hydrogens (tertiary/aromatic N) is 1. The van der Waals surface area contributed by atoms with Crippen LogP contribution in [0.25, 0.3) is 10.8 Å². The van der Waals surface area contributed by atoms with Gasteiger partial charge in [-0.25, -0.2) is 0 Å². The van der Waals surface area contributed by atoms with Crippen molar-refractivity contribution in [3.63, 3.8) is 0 Å². The summed E-state index contributed by atoms with van der Waals surface area (Å²) in [5.74, 6) is 0. The first-order valence-electron chi connectivity index (χ1n) is 6.47. The van der Waals surface area contributed by atoms with Gasteiger partial charge in [-0.3, -0.25) is 4.99 Å². The molecule has 0 amide bonds. The van der Waals surface area contributed by atoms with Crippen molar-refractivity contribution in [1.82, 2.24) is 0 Å². The van der Waals surface area contributed by atoms with E-state index in [-0.39, 0.29) is 0 Å². The Kier molecular flexibility index (Phi) is 2.91. The highest BCUT2D eigenvalue weighted by Gasteiger charge is 2.06. The minimum atomic E-state index is 1.11. The Hall–Kier alpha value is -1.63. The molecule has 0 heterocycles. The average molecular weight is 223 g/mol. The van der Waals surface area contributed by atoms with Gasteiger partial charge in [-0.1, -0.05) is 36.8 Å². The van der Waals surface area contributed by atoms with Crippen LogP contribution in [0, 0.1) is 0 Å². The minimum absolute atomic E-state index is 1.11. The topological polar surface area (TPSA) is 12.4 Å². The molecule has 1 aliphatic rings. The molecule has 1 saturated carbocycles. The first kappa shape index (κ1) is 10.5.